The first-order valence-corrected chi connectivity index (χ1v) is 8.40. The summed E-state index contributed by atoms with van der Waals surface area (Å²) in [6.07, 6.45) is 6.12. The summed E-state index contributed by atoms with van der Waals surface area (Å²) in [7, 11) is 0. The summed E-state index contributed by atoms with van der Waals surface area (Å²) < 4.78 is 11.4. The van der Waals surface area contributed by atoms with Gasteiger partial charge in [-0.15, -0.1) is 6.58 Å². The van der Waals surface area contributed by atoms with Crippen LogP contribution >= 0.6 is 0 Å². The molecule has 4 nitrogen and oxygen atoms in total. The lowest BCUT2D eigenvalue weighted by molar-refractivity contribution is -0.149. The Hall–Kier alpha value is -1.81. The lowest BCUT2D eigenvalue weighted by atomic mass is 10.1. The molecule has 23 heavy (non-hydrogen) atoms. The first kappa shape index (κ1) is 17.5. The Morgan fingerprint density at radius 2 is 2.04 bits per heavy atom. The third-order valence-corrected chi connectivity index (χ3v) is 4.00. The van der Waals surface area contributed by atoms with Crippen molar-refractivity contribution in [1.82, 2.24) is 4.90 Å². The zero-order valence-corrected chi connectivity index (χ0v) is 14.0. The van der Waals surface area contributed by atoms with Crippen LogP contribution in [0.5, 0.6) is 5.75 Å². The molecule has 1 saturated heterocycles. The Kier molecular flexibility index (Phi) is 7.14. The van der Waals surface area contributed by atoms with E-state index in [1.54, 1.807) is 0 Å². The van der Waals surface area contributed by atoms with Gasteiger partial charge in [0.2, 0.25) is 0 Å². The second-order valence-electron chi connectivity index (χ2n) is 6.00. The van der Waals surface area contributed by atoms with Gasteiger partial charge < -0.3 is 9.47 Å². The van der Waals surface area contributed by atoms with Crippen LogP contribution in [0.25, 0.3) is 0 Å². The quantitative estimate of drug-likeness (QED) is 0.545. The number of hydrogen-bond donors (Lipinski definition) is 0. The minimum absolute atomic E-state index is 0.234. The highest BCUT2D eigenvalue weighted by atomic mass is 16.6. The molecule has 0 saturated carbocycles. The number of carbonyl (C=O) groups excluding carboxylic acids is 1. The van der Waals surface area contributed by atoms with Crippen LogP contribution in [0.4, 0.5) is 0 Å². The van der Waals surface area contributed by atoms with Crippen LogP contribution < -0.4 is 4.74 Å². The van der Waals surface area contributed by atoms with Gasteiger partial charge in [0.05, 0.1) is 0 Å². The van der Waals surface area contributed by atoms with E-state index in [-0.39, 0.29) is 12.1 Å². The zero-order valence-electron chi connectivity index (χ0n) is 14.0. The van der Waals surface area contributed by atoms with Gasteiger partial charge in [-0.1, -0.05) is 30.7 Å². The van der Waals surface area contributed by atoms with Crippen LogP contribution in [0.3, 0.4) is 0 Å². The molecule has 1 aliphatic heterocycles. The van der Waals surface area contributed by atoms with E-state index in [2.05, 4.69) is 11.5 Å². The molecule has 1 aromatic carbocycles. The van der Waals surface area contributed by atoms with Crippen molar-refractivity contribution in [2.45, 2.75) is 38.7 Å². The monoisotopic (exact) mass is 317 g/mol. The summed E-state index contributed by atoms with van der Waals surface area (Å²) >= 11 is 0. The lowest BCUT2D eigenvalue weighted by Crippen LogP contribution is -2.40. The number of esters is 1. The Bertz CT molecular complexity index is 509. The third kappa shape index (κ3) is 6.06. The van der Waals surface area contributed by atoms with E-state index in [0.717, 1.165) is 37.4 Å². The number of hydrogen-bond acceptors (Lipinski definition) is 4. The first-order chi connectivity index (χ1) is 11.2. The van der Waals surface area contributed by atoms with Gasteiger partial charge in [-0.25, -0.2) is 0 Å². The number of benzene rings is 1. The Morgan fingerprint density at radius 3 is 2.74 bits per heavy atom. The van der Waals surface area contributed by atoms with E-state index in [0.29, 0.717) is 6.61 Å². The fourth-order valence-corrected chi connectivity index (χ4v) is 2.94. The van der Waals surface area contributed by atoms with Gasteiger partial charge in [-0.2, -0.15) is 0 Å². The SMILES string of the molecule is C=CCc1ccccc1OC[C@H](CN1CCCCC1)OC(C)=O. The predicted octanol–water partition coefficient (Wildman–Crippen LogP) is 3.21. The number of allylic oxidation sites excluding steroid dienone is 1. The molecule has 0 amide bonds. The minimum atomic E-state index is -0.255. The van der Waals surface area contributed by atoms with Crippen LogP contribution in [-0.4, -0.2) is 43.2 Å². The molecule has 126 valence electrons. The van der Waals surface area contributed by atoms with Gasteiger partial charge in [0.15, 0.2) is 0 Å². The molecular weight excluding hydrogens is 290 g/mol. The standard InChI is InChI=1S/C19H27NO3/c1-3-9-17-10-5-6-11-19(17)22-15-18(23-16(2)21)14-20-12-7-4-8-13-20/h3,5-6,10-11,18H,1,4,7-9,12-15H2,2H3/t18-/m0/s1. The lowest BCUT2D eigenvalue weighted by Gasteiger charge is -2.30. The van der Waals surface area contributed by atoms with E-state index in [1.165, 1.54) is 26.2 Å². The molecule has 1 aromatic rings. The molecular formula is C19H27NO3. The molecule has 1 aliphatic rings. The second kappa shape index (κ2) is 9.36. The van der Waals surface area contributed by atoms with Gasteiger partial charge in [-0.05, 0) is 44.0 Å². The van der Waals surface area contributed by atoms with E-state index >= 15 is 0 Å². The predicted molar refractivity (Wildman–Crippen MR) is 91.7 cm³/mol. The van der Waals surface area contributed by atoms with Gasteiger partial charge in [-0.3, -0.25) is 9.69 Å². The number of ether oxygens (including phenoxy) is 2. The topological polar surface area (TPSA) is 38.8 Å². The molecule has 1 fully saturated rings. The van der Waals surface area contributed by atoms with Crippen LogP contribution in [0.15, 0.2) is 36.9 Å². The number of likely N-dealkylation sites (tertiary alicyclic amines) is 1. The number of rotatable bonds is 8. The van der Waals surface area contributed by atoms with Gasteiger partial charge >= 0.3 is 5.97 Å². The molecule has 0 aliphatic carbocycles. The maximum atomic E-state index is 11.4. The highest BCUT2D eigenvalue weighted by molar-refractivity contribution is 5.66. The minimum Gasteiger partial charge on any atom is -0.489 e. The van der Waals surface area contributed by atoms with Crippen LogP contribution in [0, 0.1) is 0 Å². The molecule has 0 aromatic heterocycles. The summed E-state index contributed by atoms with van der Waals surface area (Å²) in [5, 5.41) is 0. The van der Waals surface area contributed by atoms with Crippen molar-refractivity contribution in [3.05, 3.63) is 42.5 Å². The normalized spacial score (nSPS) is 16.6. The highest BCUT2D eigenvalue weighted by Gasteiger charge is 2.20. The maximum Gasteiger partial charge on any atom is 0.303 e. The van der Waals surface area contributed by atoms with Crippen LogP contribution in [-0.2, 0) is 16.0 Å². The molecule has 0 N–H and O–H groups in total. The number of nitrogens with zero attached hydrogens (tertiary/aromatic N) is 1. The fraction of sp³-hybridized carbons (Fsp3) is 0.526. The van der Waals surface area contributed by atoms with Gasteiger partial charge in [0, 0.05) is 13.5 Å². The molecule has 0 radical (unpaired) electrons. The van der Waals surface area contributed by atoms with Crippen molar-refractivity contribution in [2.75, 3.05) is 26.2 Å². The molecule has 1 atom stereocenters. The zero-order chi connectivity index (χ0) is 16.5. The van der Waals surface area contributed by atoms with Gasteiger partial charge in [0.1, 0.15) is 18.5 Å². The summed E-state index contributed by atoms with van der Waals surface area (Å²) in [5.41, 5.74) is 1.10. The molecule has 0 spiro atoms. The largest absolute Gasteiger partial charge is 0.489 e. The van der Waals surface area contributed by atoms with Crippen molar-refractivity contribution in [2.24, 2.45) is 0 Å². The van der Waals surface area contributed by atoms with Crippen LogP contribution in [0.2, 0.25) is 0 Å². The molecule has 1 heterocycles. The third-order valence-electron chi connectivity index (χ3n) is 4.00. The summed E-state index contributed by atoms with van der Waals surface area (Å²) in [5.74, 6) is 0.582. The maximum absolute atomic E-state index is 11.4. The number of piperidine rings is 1. The van der Waals surface area contributed by atoms with E-state index in [4.69, 9.17) is 9.47 Å². The van der Waals surface area contributed by atoms with Crippen molar-refractivity contribution in [1.29, 1.82) is 0 Å². The van der Waals surface area contributed by atoms with Crippen molar-refractivity contribution in [3.63, 3.8) is 0 Å². The summed E-state index contributed by atoms with van der Waals surface area (Å²) in [6, 6.07) is 7.92. The summed E-state index contributed by atoms with van der Waals surface area (Å²) in [6.45, 7) is 8.50. The fourth-order valence-electron chi connectivity index (χ4n) is 2.94. The van der Waals surface area contributed by atoms with Crippen molar-refractivity contribution in [3.8, 4) is 5.75 Å². The second-order valence-corrected chi connectivity index (χ2v) is 6.00. The van der Waals surface area contributed by atoms with Gasteiger partial charge in [0.25, 0.3) is 0 Å². The van der Waals surface area contributed by atoms with E-state index < -0.39 is 0 Å². The van der Waals surface area contributed by atoms with Crippen molar-refractivity contribution < 1.29 is 14.3 Å². The average Bonchev–Trinajstić information content (AvgIpc) is 2.54. The molecule has 2 rings (SSSR count). The Morgan fingerprint density at radius 1 is 1.30 bits per heavy atom. The Labute approximate surface area is 139 Å². The first-order valence-electron chi connectivity index (χ1n) is 8.40. The van der Waals surface area contributed by atoms with E-state index in [9.17, 15) is 4.79 Å². The van der Waals surface area contributed by atoms with E-state index in [1.807, 2.05) is 30.3 Å². The highest BCUT2D eigenvalue weighted by Crippen LogP contribution is 2.19. The molecule has 4 heteroatoms. The summed E-state index contributed by atoms with van der Waals surface area (Å²) in [4.78, 5) is 13.7. The number of carbonyl (C=O) groups is 1. The smallest absolute Gasteiger partial charge is 0.303 e. The van der Waals surface area contributed by atoms with Crippen LogP contribution in [0.1, 0.15) is 31.7 Å². The van der Waals surface area contributed by atoms with Crippen molar-refractivity contribution >= 4 is 5.97 Å². The molecule has 0 unspecified atom stereocenters. The number of para-hydroxylation sites is 1. The average molecular weight is 317 g/mol. The molecule has 0 bridgehead atoms. The Balaban J connectivity index is 1.94.